The Morgan fingerprint density at radius 2 is 2.11 bits per heavy atom. The summed E-state index contributed by atoms with van der Waals surface area (Å²) < 4.78 is 0. The molecule has 0 aliphatic rings. The molecule has 0 fully saturated rings. The van der Waals surface area contributed by atoms with Crippen molar-refractivity contribution in [3.63, 3.8) is 0 Å². The smallest absolute Gasteiger partial charge is 0.319 e. The summed E-state index contributed by atoms with van der Waals surface area (Å²) in [5.74, 6) is 0.489. The molecule has 4 nitrogen and oxygen atoms in total. The van der Waals surface area contributed by atoms with Crippen LogP contribution >= 0.6 is 11.6 Å². The van der Waals surface area contributed by atoms with Crippen LogP contribution in [0.5, 0.6) is 0 Å². The van der Waals surface area contributed by atoms with Gasteiger partial charge in [0, 0.05) is 23.3 Å². The molecule has 106 valence electrons. The van der Waals surface area contributed by atoms with E-state index in [2.05, 4.69) is 24.5 Å². The van der Waals surface area contributed by atoms with Crippen LogP contribution in [0, 0.1) is 12.8 Å². The van der Waals surface area contributed by atoms with E-state index in [1.165, 1.54) is 0 Å². The highest BCUT2D eigenvalue weighted by atomic mass is 35.5. The molecular formula is C14H22ClN3O. The summed E-state index contributed by atoms with van der Waals surface area (Å²) in [6, 6.07) is 5.15. The molecule has 0 bridgehead atoms. The highest BCUT2D eigenvalue weighted by Crippen LogP contribution is 2.19. The van der Waals surface area contributed by atoms with Gasteiger partial charge in [0.05, 0.1) is 0 Å². The first-order chi connectivity index (χ1) is 8.92. The summed E-state index contributed by atoms with van der Waals surface area (Å²) in [7, 11) is 0. The largest absolute Gasteiger partial charge is 0.334 e. The van der Waals surface area contributed by atoms with Gasteiger partial charge in [-0.05, 0) is 37.0 Å². The highest BCUT2D eigenvalue weighted by molar-refractivity contribution is 6.31. The Morgan fingerprint density at radius 1 is 1.42 bits per heavy atom. The minimum Gasteiger partial charge on any atom is -0.334 e. The number of rotatable bonds is 5. The van der Waals surface area contributed by atoms with Crippen molar-refractivity contribution in [1.29, 1.82) is 0 Å². The number of nitrogens with two attached hydrogens (primary N) is 1. The Kier molecular flexibility index (Phi) is 6.12. The van der Waals surface area contributed by atoms with E-state index in [0.717, 1.165) is 12.0 Å². The normalized spacial score (nSPS) is 12.3. The van der Waals surface area contributed by atoms with Gasteiger partial charge in [0.25, 0.3) is 0 Å². The van der Waals surface area contributed by atoms with Gasteiger partial charge in [0.15, 0.2) is 0 Å². The Balaban J connectivity index is 2.56. The molecule has 1 unspecified atom stereocenters. The van der Waals surface area contributed by atoms with Crippen LogP contribution in [-0.4, -0.2) is 18.6 Å². The number of aryl methyl sites for hydroxylation is 1. The van der Waals surface area contributed by atoms with Gasteiger partial charge in [0.2, 0.25) is 0 Å². The van der Waals surface area contributed by atoms with Crippen LogP contribution in [0.15, 0.2) is 18.2 Å². The molecule has 2 amide bonds. The third-order valence-electron chi connectivity index (χ3n) is 2.81. The zero-order valence-electron chi connectivity index (χ0n) is 11.7. The van der Waals surface area contributed by atoms with E-state index in [-0.39, 0.29) is 12.1 Å². The summed E-state index contributed by atoms with van der Waals surface area (Å²) in [6.45, 7) is 6.55. The third kappa shape index (κ3) is 5.49. The molecule has 19 heavy (non-hydrogen) atoms. The Labute approximate surface area is 119 Å². The van der Waals surface area contributed by atoms with E-state index in [9.17, 15) is 4.79 Å². The first-order valence-electron chi connectivity index (χ1n) is 6.46. The first-order valence-corrected chi connectivity index (χ1v) is 6.84. The quantitative estimate of drug-likeness (QED) is 0.777. The molecule has 0 aliphatic carbocycles. The molecule has 0 saturated carbocycles. The van der Waals surface area contributed by atoms with Crippen molar-refractivity contribution >= 4 is 23.3 Å². The predicted molar refractivity (Wildman–Crippen MR) is 80.6 cm³/mol. The average Bonchev–Trinajstić information content (AvgIpc) is 2.32. The molecule has 0 radical (unpaired) electrons. The van der Waals surface area contributed by atoms with Gasteiger partial charge in [-0.2, -0.15) is 0 Å². The van der Waals surface area contributed by atoms with E-state index in [1.807, 2.05) is 19.1 Å². The molecule has 1 atom stereocenters. The van der Waals surface area contributed by atoms with Crippen molar-refractivity contribution in [3.05, 3.63) is 28.8 Å². The fraction of sp³-hybridized carbons (Fsp3) is 0.500. The van der Waals surface area contributed by atoms with E-state index in [1.54, 1.807) is 6.07 Å². The molecule has 5 heteroatoms. The lowest BCUT2D eigenvalue weighted by Crippen LogP contribution is -2.43. The van der Waals surface area contributed by atoms with Crippen LogP contribution in [0.4, 0.5) is 10.5 Å². The standard InChI is InChI=1S/C14H22ClN3O/c1-9(2)6-12(8-16)18-14(19)17-11-5-4-10(3)13(15)7-11/h4-5,7,9,12H,6,8,16H2,1-3H3,(H2,17,18,19). The van der Waals surface area contributed by atoms with Crippen molar-refractivity contribution < 1.29 is 4.79 Å². The summed E-state index contributed by atoms with van der Waals surface area (Å²) in [5, 5.41) is 6.25. The number of carbonyl (C=O) groups is 1. The molecule has 1 rings (SSSR count). The van der Waals surface area contributed by atoms with Gasteiger partial charge in [-0.3, -0.25) is 0 Å². The van der Waals surface area contributed by atoms with Gasteiger partial charge < -0.3 is 16.4 Å². The summed E-state index contributed by atoms with van der Waals surface area (Å²) in [5.41, 5.74) is 7.30. The lowest BCUT2D eigenvalue weighted by atomic mass is 10.0. The van der Waals surface area contributed by atoms with Gasteiger partial charge in [-0.25, -0.2) is 4.79 Å². The van der Waals surface area contributed by atoms with Gasteiger partial charge >= 0.3 is 6.03 Å². The molecule has 0 aliphatic heterocycles. The summed E-state index contributed by atoms with van der Waals surface area (Å²) >= 11 is 6.01. The van der Waals surface area contributed by atoms with Crippen molar-refractivity contribution in [1.82, 2.24) is 5.32 Å². The lowest BCUT2D eigenvalue weighted by molar-refractivity contribution is 0.247. The fourth-order valence-corrected chi connectivity index (χ4v) is 1.99. The number of amides is 2. The van der Waals surface area contributed by atoms with Crippen LogP contribution in [0.1, 0.15) is 25.8 Å². The molecule has 1 aromatic carbocycles. The number of urea groups is 1. The third-order valence-corrected chi connectivity index (χ3v) is 3.21. The molecule has 0 saturated heterocycles. The van der Waals surface area contributed by atoms with Gasteiger partial charge in [-0.15, -0.1) is 0 Å². The van der Waals surface area contributed by atoms with Crippen molar-refractivity contribution in [2.75, 3.05) is 11.9 Å². The van der Waals surface area contributed by atoms with Gasteiger partial charge in [-0.1, -0.05) is 31.5 Å². The monoisotopic (exact) mass is 283 g/mol. The number of hydrogen-bond acceptors (Lipinski definition) is 2. The van der Waals surface area contributed by atoms with Crippen LogP contribution < -0.4 is 16.4 Å². The van der Waals surface area contributed by atoms with Crippen molar-refractivity contribution in [2.24, 2.45) is 11.7 Å². The molecule has 0 aromatic heterocycles. The number of hydrogen-bond donors (Lipinski definition) is 3. The summed E-state index contributed by atoms with van der Waals surface area (Å²) in [4.78, 5) is 11.8. The second-order valence-electron chi connectivity index (χ2n) is 5.12. The molecule has 4 N–H and O–H groups in total. The van der Waals surface area contributed by atoms with Crippen molar-refractivity contribution in [2.45, 2.75) is 33.2 Å². The van der Waals surface area contributed by atoms with Crippen molar-refractivity contribution in [3.8, 4) is 0 Å². The topological polar surface area (TPSA) is 67.2 Å². The zero-order chi connectivity index (χ0) is 14.4. The van der Waals surface area contributed by atoms with E-state index in [0.29, 0.717) is 23.2 Å². The second kappa shape index (κ2) is 7.36. The number of halogens is 1. The maximum Gasteiger partial charge on any atom is 0.319 e. The lowest BCUT2D eigenvalue weighted by Gasteiger charge is -2.19. The zero-order valence-corrected chi connectivity index (χ0v) is 12.4. The van der Waals surface area contributed by atoms with Crippen LogP contribution in [-0.2, 0) is 0 Å². The second-order valence-corrected chi connectivity index (χ2v) is 5.53. The average molecular weight is 284 g/mol. The fourth-order valence-electron chi connectivity index (χ4n) is 1.81. The number of anilines is 1. The number of benzene rings is 1. The predicted octanol–water partition coefficient (Wildman–Crippen LogP) is 3.14. The first kappa shape index (κ1) is 15.8. The van der Waals surface area contributed by atoms with E-state index < -0.39 is 0 Å². The molecular weight excluding hydrogens is 262 g/mol. The maximum absolute atomic E-state index is 11.8. The van der Waals surface area contributed by atoms with Crippen LogP contribution in [0.2, 0.25) is 5.02 Å². The Bertz CT molecular complexity index is 435. The summed E-state index contributed by atoms with van der Waals surface area (Å²) in [6.07, 6.45) is 0.860. The van der Waals surface area contributed by atoms with E-state index >= 15 is 0 Å². The molecule has 0 spiro atoms. The van der Waals surface area contributed by atoms with E-state index in [4.69, 9.17) is 17.3 Å². The molecule has 0 heterocycles. The Morgan fingerprint density at radius 3 is 2.63 bits per heavy atom. The number of nitrogens with one attached hydrogen (secondary N) is 2. The maximum atomic E-state index is 11.8. The minimum absolute atomic E-state index is 0.0130. The number of carbonyl (C=O) groups excluding carboxylic acids is 1. The SMILES string of the molecule is Cc1ccc(NC(=O)NC(CN)CC(C)C)cc1Cl. The van der Waals surface area contributed by atoms with Gasteiger partial charge in [0.1, 0.15) is 0 Å². The highest BCUT2D eigenvalue weighted by Gasteiger charge is 2.12. The van der Waals surface area contributed by atoms with Crippen LogP contribution in [0.3, 0.4) is 0 Å². The minimum atomic E-state index is -0.254. The Hall–Kier alpha value is -1.26. The molecule has 1 aromatic rings. The van der Waals surface area contributed by atoms with Crippen LogP contribution in [0.25, 0.3) is 0 Å².